The van der Waals surface area contributed by atoms with Crippen molar-refractivity contribution in [1.82, 2.24) is 0 Å². The molecule has 0 spiro atoms. The van der Waals surface area contributed by atoms with Crippen molar-refractivity contribution >= 4 is 23.1 Å². The summed E-state index contributed by atoms with van der Waals surface area (Å²) in [5, 5.41) is 0. The van der Waals surface area contributed by atoms with Gasteiger partial charge in [0.25, 0.3) is 0 Å². The Morgan fingerprint density at radius 1 is 0.352 bits per heavy atom. The van der Waals surface area contributed by atoms with E-state index in [1.165, 1.54) is 128 Å². The van der Waals surface area contributed by atoms with Gasteiger partial charge in [-0.2, -0.15) is 51.4 Å². The van der Waals surface area contributed by atoms with Crippen LogP contribution in [0.15, 0.2) is 0 Å². The molecule has 0 radical (unpaired) electrons. The van der Waals surface area contributed by atoms with Crippen molar-refractivity contribution in [3.05, 3.63) is 25.7 Å². The van der Waals surface area contributed by atoms with Crippen LogP contribution >= 0.6 is 0 Å². The Morgan fingerprint density at radius 2 is 0.759 bits per heavy atom. The summed E-state index contributed by atoms with van der Waals surface area (Å²) in [6.07, 6.45) is 45.0. The maximum atomic E-state index is 11.5. The predicted octanol–water partition coefficient (Wildman–Crippen LogP) is -0.203. The molecule has 5 unspecified atom stereocenters. The number of Topliss-reactive ketones (excluding diaryl/α,β-unsaturated/α-hetero) is 4. The van der Waals surface area contributed by atoms with Crippen LogP contribution in [0.4, 0.5) is 0 Å². The Balaban J connectivity index is 0.000000365. The third-order valence-corrected chi connectivity index (χ3v) is 14.2. The van der Waals surface area contributed by atoms with E-state index < -0.39 is 0 Å². The van der Waals surface area contributed by atoms with E-state index in [9.17, 15) is 19.2 Å². The van der Waals surface area contributed by atoms with E-state index in [0.29, 0.717) is 23.1 Å². The van der Waals surface area contributed by atoms with Gasteiger partial charge in [0.15, 0.2) is 0 Å². The zero-order chi connectivity index (χ0) is 35.0. The molecule has 8 aliphatic carbocycles. The molecular formula is C46H72O4Rb4. The van der Waals surface area contributed by atoms with Crippen LogP contribution in [0.5, 0.6) is 0 Å². The summed E-state index contributed by atoms with van der Waals surface area (Å²) in [7, 11) is 0. The minimum Gasteiger partial charge on any atom is -0.328 e. The maximum absolute atomic E-state index is 11.5. The molecule has 8 fully saturated rings. The van der Waals surface area contributed by atoms with E-state index in [-0.39, 0.29) is 233 Å². The van der Waals surface area contributed by atoms with Crippen LogP contribution in [0, 0.1) is 73.0 Å². The Kier molecular flexibility index (Phi) is 36.8. The molecule has 0 aromatic carbocycles. The zero-order valence-corrected chi connectivity index (χ0v) is 55.4. The largest absolute Gasteiger partial charge is 1.00 e. The first-order chi connectivity index (χ1) is 24.4. The summed E-state index contributed by atoms with van der Waals surface area (Å²) in [5.41, 5.74) is 0. The van der Waals surface area contributed by atoms with E-state index in [4.69, 9.17) is 0 Å². The first-order valence-electron chi connectivity index (χ1n) is 21.8. The topological polar surface area (TPSA) is 68.3 Å². The first kappa shape index (κ1) is 57.9. The van der Waals surface area contributed by atoms with Gasteiger partial charge in [-0.3, -0.25) is 19.2 Å². The van der Waals surface area contributed by atoms with E-state index in [1.807, 2.05) is 0 Å². The molecule has 8 saturated carbocycles. The second-order valence-corrected chi connectivity index (χ2v) is 17.8. The molecular weight excluding hydrogens is 958 g/mol. The third kappa shape index (κ3) is 22.7. The molecule has 0 N–H and O–H groups in total. The quantitative estimate of drug-likeness (QED) is 0.367. The van der Waals surface area contributed by atoms with Gasteiger partial charge in [-0.1, -0.05) is 50.9 Å². The molecule has 0 saturated heterocycles. The van der Waals surface area contributed by atoms with Crippen LogP contribution in [0.3, 0.4) is 0 Å². The van der Waals surface area contributed by atoms with Gasteiger partial charge in [0.05, 0.1) is 0 Å². The van der Waals surface area contributed by atoms with Crippen molar-refractivity contribution in [2.75, 3.05) is 0 Å². The molecule has 0 heterocycles. The van der Waals surface area contributed by atoms with Crippen molar-refractivity contribution in [1.29, 1.82) is 0 Å². The second kappa shape index (κ2) is 34.3. The summed E-state index contributed by atoms with van der Waals surface area (Å²) in [5.74, 6) is 9.13. The Hall–Kier alpha value is 5.90. The van der Waals surface area contributed by atoms with Gasteiger partial charge in [-0.05, 0) is 99.2 Å². The minimum atomic E-state index is 0. The number of hydrogen-bond acceptors (Lipinski definition) is 4. The number of carbonyl (C=O) groups is 4. The number of fused-ring (bicyclic) bond motifs is 2. The number of hydrogen-bond donors (Lipinski definition) is 0. The van der Waals surface area contributed by atoms with E-state index in [1.54, 1.807) is 0 Å². The van der Waals surface area contributed by atoms with Gasteiger partial charge < -0.3 is 25.7 Å². The average Bonchev–Trinajstić information content (AvgIpc) is 3.16. The summed E-state index contributed by atoms with van der Waals surface area (Å²) in [6.45, 7) is 0. The van der Waals surface area contributed by atoms with Crippen molar-refractivity contribution in [3.8, 4) is 0 Å². The SMILES string of the molecule is O=C1CCC(CCC2CC[CH-]CC2)CC1.O=C1CCC2CC(C3CC[CH-]CC3)CCC2C1.O=C1CCC2C[CH-]CCC2C1.O=C1CC[CH-]CC1.[Rb+].[Rb+].[Rb+].[Rb+]. The fourth-order valence-electron chi connectivity index (χ4n) is 10.9. The van der Waals surface area contributed by atoms with Crippen LogP contribution in [0.2, 0.25) is 0 Å². The van der Waals surface area contributed by atoms with Crippen LogP contribution in [-0.2, 0) is 19.2 Å². The minimum absolute atomic E-state index is 0. The van der Waals surface area contributed by atoms with E-state index in [2.05, 4.69) is 25.7 Å². The maximum Gasteiger partial charge on any atom is 1.00 e. The molecule has 8 rings (SSSR count). The predicted molar refractivity (Wildman–Crippen MR) is 204 cm³/mol. The molecule has 8 aliphatic rings. The van der Waals surface area contributed by atoms with Gasteiger partial charge in [0.1, 0.15) is 23.1 Å². The Morgan fingerprint density at radius 3 is 1.33 bits per heavy atom. The fourth-order valence-corrected chi connectivity index (χ4v) is 10.9. The summed E-state index contributed by atoms with van der Waals surface area (Å²) in [4.78, 5) is 44.2. The van der Waals surface area contributed by atoms with Gasteiger partial charge in [-0.15, -0.1) is 0 Å². The summed E-state index contributed by atoms with van der Waals surface area (Å²) >= 11 is 0. The first-order valence-corrected chi connectivity index (χ1v) is 21.8. The van der Waals surface area contributed by atoms with Crippen LogP contribution in [0.1, 0.15) is 193 Å². The van der Waals surface area contributed by atoms with Crippen molar-refractivity contribution < 1.29 is 252 Å². The monoisotopic (exact) mass is 1030 g/mol. The van der Waals surface area contributed by atoms with Gasteiger partial charge >= 0.3 is 233 Å². The van der Waals surface area contributed by atoms with Crippen molar-refractivity contribution in [2.24, 2.45) is 47.3 Å². The molecule has 0 bridgehead atoms. The third-order valence-electron chi connectivity index (χ3n) is 14.2. The number of rotatable bonds is 4. The average molecular weight is 1030 g/mol. The molecule has 54 heavy (non-hydrogen) atoms. The smallest absolute Gasteiger partial charge is 0.328 e. The number of carbonyl (C=O) groups excluding carboxylic acids is 4. The molecule has 284 valence electrons. The van der Waals surface area contributed by atoms with Crippen molar-refractivity contribution in [3.63, 3.8) is 0 Å². The van der Waals surface area contributed by atoms with Gasteiger partial charge in [0.2, 0.25) is 0 Å². The van der Waals surface area contributed by atoms with Crippen LogP contribution in [0.25, 0.3) is 0 Å². The van der Waals surface area contributed by atoms with Gasteiger partial charge in [-0.25, -0.2) is 0 Å². The van der Waals surface area contributed by atoms with Gasteiger partial charge in [0, 0.05) is 38.5 Å². The normalized spacial score (nSPS) is 30.5. The zero-order valence-electron chi connectivity index (χ0n) is 35.8. The molecule has 5 atom stereocenters. The Bertz CT molecular complexity index is 1040. The second-order valence-electron chi connectivity index (χ2n) is 17.8. The molecule has 8 heteroatoms. The molecule has 0 aromatic heterocycles. The number of ketones is 4. The van der Waals surface area contributed by atoms with E-state index >= 15 is 0 Å². The summed E-state index contributed by atoms with van der Waals surface area (Å²) < 4.78 is 0. The molecule has 4 nitrogen and oxygen atoms in total. The fraction of sp³-hybridized carbons (Fsp3) is 0.826. The van der Waals surface area contributed by atoms with Crippen molar-refractivity contribution in [2.45, 2.75) is 193 Å². The molecule has 0 aromatic rings. The standard InChI is InChI=1S/C16H25O.C14H23O.C10H15O.C6H9O.4Rb/c17-16-9-8-14-10-13(6-7-15(14)11-16)12-4-2-1-3-5-12;15-14-10-8-13(9-11-14)7-6-12-4-2-1-3-5-12;11-10-6-5-8-3-1-2-4-9(8)7-10;7-6-4-2-1-3-5-6;;;;/h1,12-15H,2-11H2;1,12-13H,2-11H2;1,8-9H,2-7H2;1H,2-5H2;;;;/q4*-1;4*+1. The Labute approximate surface area is 528 Å². The summed E-state index contributed by atoms with van der Waals surface area (Å²) in [6, 6.07) is 0. The molecule has 0 amide bonds. The van der Waals surface area contributed by atoms with Crippen LogP contribution < -0.4 is 233 Å². The van der Waals surface area contributed by atoms with Crippen LogP contribution in [-0.4, -0.2) is 23.1 Å². The molecule has 0 aliphatic heterocycles. The van der Waals surface area contributed by atoms with E-state index in [0.717, 1.165) is 112 Å².